The van der Waals surface area contributed by atoms with Crippen molar-refractivity contribution in [3.8, 4) is 11.4 Å². The van der Waals surface area contributed by atoms with Crippen LogP contribution < -0.4 is 10.2 Å². The van der Waals surface area contributed by atoms with Crippen LogP contribution in [0.15, 0.2) is 41.3 Å². The van der Waals surface area contributed by atoms with Gasteiger partial charge in [-0.2, -0.15) is 0 Å². The van der Waals surface area contributed by atoms with Crippen LogP contribution in [0.2, 0.25) is 0 Å². The van der Waals surface area contributed by atoms with Gasteiger partial charge in [0.25, 0.3) is 0 Å². The van der Waals surface area contributed by atoms with E-state index in [1.807, 2.05) is 0 Å². The number of hydrogen-bond acceptors (Lipinski definition) is 3. The van der Waals surface area contributed by atoms with Crippen molar-refractivity contribution in [2.75, 3.05) is 0 Å². The van der Waals surface area contributed by atoms with Gasteiger partial charge in [-0.15, -0.1) is 0 Å². The third-order valence-corrected chi connectivity index (χ3v) is 3.39. The van der Waals surface area contributed by atoms with Crippen LogP contribution in [0.5, 0.6) is 5.75 Å². The van der Waals surface area contributed by atoms with Crippen molar-refractivity contribution >= 4 is 17.1 Å². The van der Waals surface area contributed by atoms with Crippen molar-refractivity contribution in [3.05, 3.63) is 70.0 Å². The second-order valence-corrected chi connectivity index (χ2v) is 4.92. The number of nitrogens with zero attached hydrogens (tertiary/aromatic N) is 1. The number of ether oxygens (including phenoxy) is 1. The number of halogens is 4. The lowest BCUT2D eigenvalue weighted by Crippen LogP contribution is -2.17. The summed E-state index contributed by atoms with van der Waals surface area (Å²) in [5.74, 6) is -6.46. The van der Waals surface area contributed by atoms with Gasteiger partial charge < -0.3 is 14.4 Å². The molecule has 2 aromatic carbocycles. The first-order chi connectivity index (χ1) is 11.8. The second kappa shape index (κ2) is 5.93. The monoisotopic (exact) mass is 353 g/mol. The van der Waals surface area contributed by atoms with Crippen molar-refractivity contribution in [1.29, 1.82) is 0 Å². The van der Waals surface area contributed by atoms with Gasteiger partial charge in [0.15, 0.2) is 23.2 Å². The number of carboxylic acid groups (broad SMARTS) is 1. The number of hydrogen-bond donors (Lipinski definition) is 1. The molecule has 1 aromatic heterocycles. The Morgan fingerprint density at radius 2 is 1.68 bits per heavy atom. The van der Waals surface area contributed by atoms with Crippen LogP contribution in [-0.4, -0.2) is 15.8 Å². The van der Waals surface area contributed by atoms with E-state index >= 15 is 0 Å². The Balaban J connectivity index is 2.46. The Kier molecular flexibility index (Phi) is 3.91. The molecule has 128 valence electrons. The highest BCUT2D eigenvalue weighted by Gasteiger charge is 2.22. The molecule has 0 bridgehead atoms. The Hall–Kier alpha value is -3.36. The van der Waals surface area contributed by atoms with Crippen LogP contribution in [0.25, 0.3) is 16.6 Å². The highest BCUT2D eigenvalue weighted by molar-refractivity contribution is 5.83. The lowest BCUT2D eigenvalue weighted by Gasteiger charge is -2.14. The molecule has 0 spiro atoms. The molecule has 0 fully saturated rings. The fourth-order valence-electron chi connectivity index (χ4n) is 2.34. The minimum Gasteiger partial charge on any atom is -0.449 e. The van der Waals surface area contributed by atoms with Crippen molar-refractivity contribution in [2.24, 2.45) is 0 Å². The van der Waals surface area contributed by atoms with Crippen molar-refractivity contribution in [3.63, 3.8) is 0 Å². The average molecular weight is 353 g/mol. The van der Waals surface area contributed by atoms with Gasteiger partial charge in [0, 0.05) is 5.69 Å². The van der Waals surface area contributed by atoms with E-state index in [9.17, 15) is 27.2 Å². The molecule has 0 amide bonds. The van der Waals surface area contributed by atoms with E-state index in [1.165, 1.54) is 12.1 Å². The van der Waals surface area contributed by atoms with E-state index in [-0.39, 0.29) is 5.69 Å². The first-order valence-electron chi connectivity index (χ1n) is 6.69. The molecule has 3 aromatic rings. The maximum Gasteiger partial charge on any atom is 0.511 e. The molecule has 25 heavy (non-hydrogen) atoms. The highest BCUT2D eigenvalue weighted by atomic mass is 19.2. The molecular weight excluding hydrogens is 346 g/mol. The Bertz CT molecular complexity index is 1060. The molecule has 1 heterocycles. The van der Waals surface area contributed by atoms with Gasteiger partial charge in [-0.3, -0.25) is 4.79 Å². The Morgan fingerprint density at radius 1 is 1.04 bits per heavy atom. The fraction of sp³-hybridized carbons (Fsp3) is 0. The predicted octanol–water partition coefficient (Wildman–Crippen LogP) is 3.60. The summed E-state index contributed by atoms with van der Waals surface area (Å²) in [5.41, 5.74) is -1.73. The molecule has 0 saturated carbocycles. The van der Waals surface area contributed by atoms with Crippen LogP contribution >= 0.6 is 0 Å². The molecule has 3 rings (SSSR count). The van der Waals surface area contributed by atoms with E-state index < -0.39 is 51.5 Å². The van der Waals surface area contributed by atoms with E-state index in [0.717, 1.165) is 22.9 Å². The molecule has 0 atom stereocenters. The topological polar surface area (TPSA) is 68.5 Å². The molecule has 9 heteroatoms. The predicted molar refractivity (Wildman–Crippen MR) is 78.0 cm³/mol. The molecule has 0 aliphatic rings. The normalized spacial score (nSPS) is 10.9. The maximum absolute atomic E-state index is 14.3. The van der Waals surface area contributed by atoms with E-state index in [4.69, 9.17) is 5.11 Å². The van der Waals surface area contributed by atoms with Gasteiger partial charge in [0.2, 0.25) is 5.43 Å². The largest absolute Gasteiger partial charge is 0.511 e. The molecule has 1 N–H and O–H groups in total. The number of fused-ring (bicyclic) bond motifs is 1. The van der Waals surface area contributed by atoms with Gasteiger partial charge in [0.05, 0.1) is 17.1 Å². The number of aromatic nitrogens is 1. The Morgan fingerprint density at radius 3 is 2.28 bits per heavy atom. The zero-order valence-corrected chi connectivity index (χ0v) is 12.1. The van der Waals surface area contributed by atoms with Crippen LogP contribution in [-0.2, 0) is 0 Å². The van der Waals surface area contributed by atoms with Crippen LogP contribution in [0, 0.1) is 23.3 Å². The number of pyridine rings is 1. The summed E-state index contributed by atoms with van der Waals surface area (Å²) in [6.45, 7) is 0. The molecule has 0 aliphatic heterocycles. The Labute approximate surface area is 136 Å². The van der Waals surface area contributed by atoms with E-state index in [2.05, 4.69) is 4.74 Å². The molecule has 0 radical (unpaired) electrons. The van der Waals surface area contributed by atoms with Crippen LogP contribution in [0.3, 0.4) is 0 Å². The number of benzene rings is 2. The summed E-state index contributed by atoms with van der Waals surface area (Å²) < 4.78 is 59.6. The molecule has 0 saturated heterocycles. The summed E-state index contributed by atoms with van der Waals surface area (Å²) in [6.07, 6.45) is -1.03. The zero-order chi connectivity index (χ0) is 18.3. The molecular formula is C16H7F4NO4. The first-order valence-corrected chi connectivity index (χ1v) is 6.69. The number of rotatable bonds is 2. The third-order valence-electron chi connectivity index (χ3n) is 3.39. The third kappa shape index (κ3) is 2.80. The smallest absolute Gasteiger partial charge is 0.449 e. The number of carbonyl (C=O) groups is 1. The molecule has 5 nitrogen and oxygen atoms in total. The average Bonchev–Trinajstić information content (AvgIpc) is 2.56. The summed E-state index contributed by atoms with van der Waals surface area (Å²) in [5, 5.41) is 8.05. The summed E-state index contributed by atoms with van der Waals surface area (Å²) >= 11 is 0. The maximum atomic E-state index is 14.3. The first kappa shape index (κ1) is 16.5. The quantitative estimate of drug-likeness (QED) is 0.434. The summed E-state index contributed by atoms with van der Waals surface area (Å²) in [7, 11) is 0. The fourth-order valence-corrected chi connectivity index (χ4v) is 2.34. The standard InChI is InChI=1S/C16H7F4NO4/c17-7-1-3-8(4-2-7)21-6-11(25-16(23)24)15(22)9-5-10(18)12(19)13(20)14(9)21/h1-6H,(H,23,24). The van der Waals surface area contributed by atoms with Crippen LogP contribution in [0.1, 0.15) is 0 Å². The van der Waals surface area contributed by atoms with Crippen molar-refractivity contribution in [2.45, 2.75) is 0 Å². The van der Waals surface area contributed by atoms with Gasteiger partial charge in [-0.1, -0.05) is 0 Å². The van der Waals surface area contributed by atoms with Crippen molar-refractivity contribution in [1.82, 2.24) is 4.57 Å². The van der Waals surface area contributed by atoms with Gasteiger partial charge in [-0.05, 0) is 30.3 Å². The van der Waals surface area contributed by atoms with Crippen molar-refractivity contribution < 1.29 is 32.2 Å². The summed E-state index contributed by atoms with van der Waals surface area (Å²) in [4.78, 5) is 22.9. The minimum absolute atomic E-state index is 0.0616. The van der Waals surface area contributed by atoms with Gasteiger partial charge >= 0.3 is 6.16 Å². The SMILES string of the molecule is O=C(O)Oc1cn(-c2ccc(F)cc2)c2c(F)c(F)c(F)cc2c1=O. The van der Waals surface area contributed by atoms with Gasteiger partial charge in [-0.25, -0.2) is 22.4 Å². The lowest BCUT2D eigenvalue weighted by atomic mass is 10.1. The van der Waals surface area contributed by atoms with Crippen LogP contribution in [0.4, 0.5) is 22.4 Å². The summed E-state index contributed by atoms with van der Waals surface area (Å²) in [6, 6.07) is 4.80. The van der Waals surface area contributed by atoms with Gasteiger partial charge in [0.1, 0.15) is 5.82 Å². The van der Waals surface area contributed by atoms with E-state index in [1.54, 1.807) is 0 Å². The lowest BCUT2D eigenvalue weighted by molar-refractivity contribution is 0.144. The highest BCUT2D eigenvalue weighted by Crippen LogP contribution is 2.26. The van der Waals surface area contributed by atoms with E-state index in [0.29, 0.717) is 6.07 Å². The zero-order valence-electron chi connectivity index (χ0n) is 12.1. The molecule has 0 aliphatic carbocycles. The minimum atomic E-state index is -1.83. The molecule has 0 unspecified atom stereocenters. The second-order valence-electron chi connectivity index (χ2n) is 4.92.